The molecule has 1 heterocycles. The third-order valence-corrected chi connectivity index (χ3v) is 3.34. The predicted molar refractivity (Wildman–Crippen MR) is 86.8 cm³/mol. The van der Waals surface area contributed by atoms with Crippen molar-refractivity contribution >= 4 is 22.7 Å². The number of hydrogen-bond acceptors (Lipinski definition) is 7. The van der Waals surface area contributed by atoms with Gasteiger partial charge in [-0.05, 0) is 26.0 Å². The van der Waals surface area contributed by atoms with E-state index in [-0.39, 0.29) is 24.5 Å². The van der Waals surface area contributed by atoms with E-state index in [0.29, 0.717) is 22.3 Å². The third-order valence-electron chi connectivity index (χ3n) is 3.34. The van der Waals surface area contributed by atoms with E-state index in [4.69, 9.17) is 18.9 Å². The Balaban J connectivity index is 2.77. The number of aromatic nitrogens is 1. The molecular weight excluding hydrogens is 314 g/mol. The van der Waals surface area contributed by atoms with Gasteiger partial charge in [-0.3, -0.25) is 0 Å². The molecule has 7 nitrogen and oxygen atoms in total. The second-order valence-corrected chi connectivity index (χ2v) is 4.72. The van der Waals surface area contributed by atoms with E-state index in [1.165, 1.54) is 20.4 Å². The van der Waals surface area contributed by atoms with Crippen LogP contribution in [0, 0.1) is 0 Å². The summed E-state index contributed by atoms with van der Waals surface area (Å²) in [6.07, 6.45) is 1.48. The Morgan fingerprint density at radius 2 is 1.54 bits per heavy atom. The fourth-order valence-electron chi connectivity index (χ4n) is 2.31. The summed E-state index contributed by atoms with van der Waals surface area (Å²) < 4.78 is 20.6. The van der Waals surface area contributed by atoms with Crippen molar-refractivity contribution in [2.45, 2.75) is 13.8 Å². The second-order valence-electron chi connectivity index (χ2n) is 4.72. The molecule has 0 unspecified atom stereocenters. The number of pyridine rings is 1. The van der Waals surface area contributed by atoms with Crippen LogP contribution in [0.2, 0.25) is 0 Å². The molecule has 0 amide bonds. The average molecular weight is 333 g/mol. The number of nitrogens with zero attached hydrogens (tertiary/aromatic N) is 1. The first-order chi connectivity index (χ1) is 11.6. The van der Waals surface area contributed by atoms with Gasteiger partial charge in [-0.2, -0.15) is 0 Å². The molecule has 1 aromatic carbocycles. The van der Waals surface area contributed by atoms with Gasteiger partial charge in [0.1, 0.15) is 5.56 Å². The molecular formula is C17H19NO6. The van der Waals surface area contributed by atoms with Gasteiger partial charge in [0, 0.05) is 17.0 Å². The van der Waals surface area contributed by atoms with Crippen molar-refractivity contribution in [2.24, 2.45) is 0 Å². The van der Waals surface area contributed by atoms with Crippen LogP contribution in [-0.4, -0.2) is 44.4 Å². The number of carbonyl (C=O) groups is 2. The van der Waals surface area contributed by atoms with Crippen LogP contribution in [0.15, 0.2) is 18.3 Å². The minimum absolute atomic E-state index is 0.0498. The van der Waals surface area contributed by atoms with Crippen molar-refractivity contribution in [1.82, 2.24) is 4.98 Å². The molecule has 0 bridgehead atoms. The van der Waals surface area contributed by atoms with Crippen molar-refractivity contribution < 1.29 is 28.5 Å². The number of hydrogen-bond donors (Lipinski definition) is 0. The Hall–Kier alpha value is -2.83. The van der Waals surface area contributed by atoms with Crippen LogP contribution >= 0.6 is 0 Å². The molecule has 0 radical (unpaired) electrons. The Kier molecular flexibility index (Phi) is 5.57. The van der Waals surface area contributed by atoms with E-state index in [9.17, 15) is 9.59 Å². The highest BCUT2D eigenvalue weighted by molar-refractivity contribution is 6.12. The van der Waals surface area contributed by atoms with Gasteiger partial charge in [-0.15, -0.1) is 0 Å². The van der Waals surface area contributed by atoms with Gasteiger partial charge < -0.3 is 18.9 Å². The maximum Gasteiger partial charge on any atom is 0.357 e. The zero-order valence-electron chi connectivity index (χ0n) is 14.0. The number of methoxy groups -OCH3 is 2. The van der Waals surface area contributed by atoms with Crippen LogP contribution in [0.25, 0.3) is 10.8 Å². The normalized spacial score (nSPS) is 10.3. The summed E-state index contributed by atoms with van der Waals surface area (Å²) in [5.74, 6) is -0.412. The Bertz CT molecular complexity index is 771. The molecule has 1 aromatic heterocycles. The monoisotopic (exact) mass is 333 g/mol. The molecule has 0 aliphatic rings. The molecule has 0 saturated heterocycles. The van der Waals surface area contributed by atoms with Crippen molar-refractivity contribution in [3.8, 4) is 11.5 Å². The molecule has 2 rings (SSSR count). The first-order valence-electron chi connectivity index (χ1n) is 7.46. The maximum atomic E-state index is 12.4. The fraction of sp³-hybridized carbons (Fsp3) is 0.353. The minimum atomic E-state index is -0.683. The zero-order chi connectivity index (χ0) is 17.7. The summed E-state index contributed by atoms with van der Waals surface area (Å²) in [6, 6.07) is 3.30. The van der Waals surface area contributed by atoms with Crippen molar-refractivity contribution in [1.29, 1.82) is 0 Å². The summed E-state index contributed by atoms with van der Waals surface area (Å²) in [4.78, 5) is 28.6. The van der Waals surface area contributed by atoms with Gasteiger partial charge in [0.25, 0.3) is 0 Å². The zero-order valence-corrected chi connectivity index (χ0v) is 14.0. The highest BCUT2D eigenvalue weighted by atomic mass is 16.5. The van der Waals surface area contributed by atoms with Crippen molar-refractivity contribution in [3.63, 3.8) is 0 Å². The lowest BCUT2D eigenvalue weighted by molar-refractivity contribution is 0.0475. The largest absolute Gasteiger partial charge is 0.493 e. The quantitative estimate of drug-likeness (QED) is 0.751. The van der Waals surface area contributed by atoms with Gasteiger partial charge in [0.2, 0.25) is 0 Å². The number of fused-ring (bicyclic) bond motifs is 1. The molecule has 0 N–H and O–H groups in total. The lowest BCUT2D eigenvalue weighted by Crippen LogP contribution is -2.16. The summed E-state index contributed by atoms with van der Waals surface area (Å²) in [6.45, 7) is 3.71. The number of ether oxygens (including phenoxy) is 4. The number of carbonyl (C=O) groups excluding carboxylic acids is 2. The van der Waals surface area contributed by atoms with E-state index < -0.39 is 11.9 Å². The lowest BCUT2D eigenvalue weighted by Gasteiger charge is -2.13. The smallest absolute Gasteiger partial charge is 0.357 e. The molecule has 0 aliphatic carbocycles. The van der Waals surface area contributed by atoms with E-state index in [2.05, 4.69) is 4.98 Å². The van der Waals surface area contributed by atoms with Crippen LogP contribution < -0.4 is 9.47 Å². The number of benzene rings is 1. The van der Waals surface area contributed by atoms with Crippen LogP contribution in [0.5, 0.6) is 11.5 Å². The minimum Gasteiger partial charge on any atom is -0.493 e. The first-order valence-corrected chi connectivity index (χ1v) is 7.46. The third kappa shape index (κ3) is 3.24. The molecule has 0 saturated carbocycles. The molecule has 0 fully saturated rings. The maximum absolute atomic E-state index is 12.4. The topological polar surface area (TPSA) is 84.0 Å². The first kappa shape index (κ1) is 17.5. The standard InChI is InChI=1S/C17H19NO6/c1-5-23-16(19)14-11-8-13(22-4)12(21-3)7-10(11)9-18-15(14)17(20)24-6-2/h7-9H,5-6H2,1-4H3. The summed E-state index contributed by atoms with van der Waals surface area (Å²) >= 11 is 0. The van der Waals surface area contributed by atoms with Crippen molar-refractivity contribution in [3.05, 3.63) is 29.6 Å². The van der Waals surface area contributed by atoms with Crippen molar-refractivity contribution in [2.75, 3.05) is 27.4 Å². The summed E-state index contributed by atoms with van der Waals surface area (Å²) in [5, 5.41) is 1.09. The molecule has 0 spiro atoms. The van der Waals surface area contributed by atoms with E-state index in [1.54, 1.807) is 26.0 Å². The van der Waals surface area contributed by atoms with Crippen LogP contribution in [-0.2, 0) is 9.47 Å². The highest BCUT2D eigenvalue weighted by Gasteiger charge is 2.25. The molecule has 0 atom stereocenters. The van der Waals surface area contributed by atoms with Crippen LogP contribution in [0.4, 0.5) is 0 Å². The summed E-state index contributed by atoms with van der Waals surface area (Å²) in [7, 11) is 3.00. The van der Waals surface area contributed by atoms with E-state index >= 15 is 0 Å². The van der Waals surface area contributed by atoms with Gasteiger partial charge in [0.15, 0.2) is 17.2 Å². The summed E-state index contributed by atoms with van der Waals surface area (Å²) in [5.41, 5.74) is -0.0382. The van der Waals surface area contributed by atoms with E-state index in [1.807, 2.05) is 0 Å². The van der Waals surface area contributed by atoms with Gasteiger partial charge in [0.05, 0.1) is 27.4 Å². The average Bonchev–Trinajstić information content (AvgIpc) is 2.59. The SMILES string of the molecule is CCOC(=O)c1ncc2cc(OC)c(OC)cc2c1C(=O)OCC. The molecule has 2 aromatic rings. The van der Waals surface area contributed by atoms with E-state index in [0.717, 1.165) is 0 Å². The Labute approximate surface area is 139 Å². The van der Waals surface area contributed by atoms with Crippen LogP contribution in [0.3, 0.4) is 0 Å². The van der Waals surface area contributed by atoms with Gasteiger partial charge in [-0.25, -0.2) is 14.6 Å². The fourth-order valence-corrected chi connectivity index (χ4v) is 2.31. The molecule has 128 valence electrons. The molecule has 7 heteroatoms. The lowest BCUT2D eigenvalue weighted by atomic mass is 10.0. The predicted octanol–water partition coefficient (Wildman–Crippen LogP) is 2.61. The Morgan fingerprint density at radius 1 is 0.958 bits per heavy atom. The van der Waals surface area contributed by atoms with Gasteiger partial charge in [-0.1, -0.05) is 0 Å². The van der Waals surface area contributed by atoms with Gasteiger partial charge >= 0.3 is 11.9 Å². The molecule has 0 aliphatic heterocycles. The number of esters is 2. The Morgan fingerprint density at radius 3 is 2.12 bits per heavy atom. The second kappa shape index (κ2) is 7.63. The molecule has 24 heavy (non-hydrogen) atoms. The number of rotatable bonds is 6. The highest BCUT2D eigenvalue weighted by Crippen LogP contribution is 2.34. The van der Waals surface area contributed by atoms with Crippen LogP contribution in [0.1, 0.15) is 34.7 Å².